The lowest BCUT2D eigenvalue weighted by atomic mass is 10.1. The Morgan fingerprint density at radius 3 is 2.62 bits per heavy atom. The fourth-order valence-electron chi connectivity index (χ4n) is 2.86. The first-order valence-corrected chi connectivity index (χ1v) is 9.20. The normalized spacial score (nSPS) is 10.4. The van der Waals surface area contributed by atoms with Gasteiger partial charge in [-0.3, -0.25) is 19.3 Å². The third-order valence-electron chi connectivity index (χ3n) is 4.26. The second-order valence-corrected chi connectivity index (χ2v) is 6.51. The summed E-state index contributed by atoms with van der Waals surface area (Å²) in [6, 6.07) is 12.6. The molecule has 0 bridgehead atoms. The lowest BCUT2D eigenvalue weighted by Gasteiger charge is -2.09. The zero-order valence-corrected chi connectivity index (χ0v) is 16.6. The van der Waals surface area contributed by atoms with Crippen LogP contribution in [-0.2, 0) is 13.5 Å². The van der Waals surface area contributed by atoms with E-state index in [-0.39, 0.29) is 17.5 Å². The van der Waals surface area contributed by atoms with E-state index in [1.807, 2.05) is 31.2 Å². The molecule has 2 N–H and O–H groups in total. The molecule has 0 fully saturated rings. The van der Waals surface area contributed by atoms with Gasteiger partial charge in [0.15, 0.2) is 0 Å². The summed E-state index contributed by atoms with van der Waals surface area (Å²) < 4.78 is 7.42. The number of benzene rings is 1. The highest BCUT2D eigenvalue weighted by molar-refractivity contribution is 5.92. The van der Waals surface area contributed by atoms with Crippen molar-refractivity contribution in [3.63, 3.8) is 0 Å². The highest BCUT2D eigenvalue weighted by atomic mass is 16.5. The van der Waals surface area contributed by atoms with Crippen LogP contribution in [0, 0.1) is 6.92 Å². The van der Waals surface area contributed by atoms with E-state index in [2.05, 4.69) is 20.7 Å². The molecule has 2 aromatic heterocycles. The Balaban J connectivity index is 1.59. The predicted molar refractivity (Wildman–Crippen MR) is 108 cm³/mol. The van der Waals surface area contributed by atoms with Gasteiger partial charge in [0.05, 0.1) is 5.69 Å². The van der Waals surface area contributed by atoms with Crippen molar-refractivity contribution in [1.29, 1.82) is 0 Å². The fraction of sp³-hybridized carbons (Fsp3) is 0.238. The van der Waals surface area contributed by atoms with Gasteiger partial charge in [-0.05, 0) is 43.2 Å². The maximum Gasteiger partial charge on any atom is 0.269 e. The number of aromatic nitrogens is 3. The lowest BCUT2D eigenvalue weighted by molar-refractivity contribution is 0.0941. The molecule has 0 aliphatic rings. The second kappa shape index (κ2) is 9.01. The van der Waals surface area contributed by atoms with Gasteiger partial charge in [0.25, 0.3) is 11.8 Å². The van der Waals surface area contributed by atoms with Crippen LogP contribution in [0.1, 0.15) is 32.2 Å². The summed E-state index contributed by atoms with van der Waals surface area (Å²) in [6.07, 6.45) is 2.18. The van der Waals surface area contributed by atoms with E-state index in [0.717, 1.165) is 11.3 Å². The molecule has 0 atom stereocenters. The van der Waals surface area contributed by atoms with Gasteiger partial charge in [-0.15, -0.1) is 0 Å². The van der Waals surface area contributed by atoms with Crippen LogP contribution in [0.25, 0.3) is 0 Å². The summed E-state index contributed by atoms with van der Waals surface area (Å²) in [4.78, 5) is 28.0. The van der Waals surface area contributed by atoms with Gasteiger partial charge in [-0.25, -0.2) is 0 Å². The first kappa shape index (κ1) is 20.1. The summed E-state index contributed by atoms with van der Waals surface area (Å²) in [5, 5.41) is 9.62. The Morgan fingerprint density at radius 1 is 1.10 bits per heavy atom. The molecule has 2 amide bonds. The molecule has 8 nitrogen and oxygen atoms in total. The van der Waals surface area contributed by atoms with E-state index in [1.54, 1.807) is 37.0 Å². The number of rotatable bonds is 7. The van der Waals surface area contributed by atoms with E-state index in [4.69, 9.17) is 4.74 Å². The molecular formula is C21H23N5O3. The molecule has 2 heterocycles. The summed E-state index contributed by atoms with van der Waals surface area (Å²) >= 11 is 0. The highest BCUT2D eigenvalue weighted by Gasteiger charge is 2.11. The molecule has 0 aliphatic heterocycles. The molecule has 29 heavy (non-hydrogen) atoms. The van der Waals surface area contributed by atoms with E-state index >= 15 is 0 Å². The average Bonchev–Trinajstić information content (AvgIpc) is 3.06. The maximum absolute atomic E-state index is 12.3. The van der Waals surface area contributed by atoms with Crippen LogP contribution in [0.4, 0.5) is 0 Å². The summed E-state index contributed by atoms with van der Waals surface area (Å²) in [6.45, 7) is 2.34. The van der Waals surface area contributed by atoms with Gasteiger partial charge in [0.2, 0.25) is 0 Å². The highest BCUT2D eigenvalue weighted by Crippen LogP contribution is 2.22. The van der Waals surface area contributed by atoms with Crippen molar-refractivity contribution in [2.45, 2.75) is 13.3 Å². The number of hydrogen-bond donors (Lipinski definition) is 2. The van der Waals surface area contributed by atoms with Gasteiger partial charge in [0, 0.05) is 32.9 Å². The van der Waals surface area contributed by atoms with Crippen LogP contribution >= 0.6 is 0 Å². The Morgan fingerprint density at radius 2 is 1.90 bits per heavy atom. The van der Waals surface area contributed by atoms with E-state index in [1.165, 1.54) is 6.20 Å². The molecule has 0 aliphatic carbocycles. The van der Waals surface area contributed by atoms with Gasteiger partial charge in [0.1, 0.15) is 22.9 Å². The van der Waals surface area contributed by atoms with Crippen molar-refractivity contribution in [2.75, 3.05) is 13.6 Å². The topological polar surface area (TPSA) is 98.1 Å². The first-order chi connectivity index (χ1) is 14.0. The van der Waals surface area contributed by atoms with E-state index < -0.39 is 0 Å². The Hall–Kier alpha value is -3.68. The molecule has 0 saturated heterocycles. The quantitative estimate of drug-likeness (QED) is 0.642. The molecule has 0 unspecified atom stereocenters. The smallest absolute Gasteiger partial charge is 0.269 e. The van der Waals surface area contributed by atoms with Crippen LogP contribution in [0.15, 0.2) is 48.7 Å². The number of pyridine rings is 1. The Labute approximate surface area is 168 Å². The zero-order valence-electron chi connectivity index (χ0n) is 16.6. The van der Waals surface area contributed by atoms with Crippen molar-refractivity contribution in [3.8, 4) is 11.5 Å². The van der Waals surface area contributed by atoms with Crippen LogP contribution < -0.4 is 15.4 Å². The second-order valence-electron chi connectivity index (χ2n) is 6.51. The van der Waals surface area contributed by atoms with Gasteiger partial charge in [-0.1, -0.05) is 12.1 Å². The number of nitrogens with one attached hydrogen (secondary N) is 2. The van der Waals surface area contributed by atoms with Crippen LogP contribution in [-0.4, -0.2) is 40.2 Å². The van der Waals surface area contributed by atoms with Crippen molar-refractivity contribution >= 4 is 11.8 Å². The molecule has 0 saturated carbocycles. The van der Waals surface area contributed by atoms with E-state index in [0.29, 0.717) is 30.2 Å². The first-order valence-electron chi connectivity index (χ1n) is 9.20. The maximum atomic E-state index is 12.3. The number of hydrogen-bond acceptors (Lipinski definition) is 5. The standard InChI is InChI=1S/C21H23N5O3/c1-14-11-19(26(3)25-14)21(28)24-9-7-15-5-4-6-16(12-15)29-17-8-10-23-18(13-17)20(27)22-2/h4-6,8,10-13H,7,9H2,1-3H3,(H,22,27)(H,24,28). The SMILES string of the molecule is CNC(=O)c1cc(Oc2cccc(CCNC(=O)c3cc(C)nn3C)c2)ccn1. The zero-order chi connectivity index (χ0) is 20.8. The van der Waals surface area contributed by atoms with Gasteiger partial charge < -0.3 is 15.4 Å². The van der Waals surface area contributed by atoms with Crippen molar-refractivity contribution < 1.29 is 14.3 Å². The molecule has 0 radical (unpaired) electrons. The molecular weight excluding hydrogens is 370 g/mol. The van der Waals surface area contributed by atoms with Crippen molar-refractivity contribution in [2.24, 2.45) is 7.05 Å². The molecule has 150 valence electrons. The predicted octanol–water partition coefficient (Wildman–Crippen LogP) is 2.25. The van der Waals surface area contributed by atoms with Crippen molar-refractivity contribution in [1.82, 2.24) is 25.4 Å². The molecule has 0 spiro atoms. The lowest BCUT2D eigenvalue weighted by Crippen LogP contribution is -2.27. The largest absolute Gasteiger partial charge is 0.457 e. The van der Waals surface area contributed by atoms with Gasteiger partial charge in [-0.2, -0.15) is 5.10 Å². The van der Waals surface area contributed by atoms with Crippen LogP contribution in [0.3, 0.4) is 0 Å². The Kier molecular flexibility index (Phi) is 6.23. The van der Waals surface area contributed by atoms with Crippen molar-refractivity contribution in [3.05, 3.63) is 71.3 Å². The van der Waals surface area contributed by atoms with Gasteiger partial charge >= 0.3 is 0 Å². The number of carbonyl (C=O) groups is 2. The number of nitrogens with zero attached hydrogens (tertiary/aromatic N) is 3. The van der Waals surface area contributed by atoms with Crippen LogP contribution in [0.2, 0.25) is 0 Å². The fourth-order valence-corrected chi connectivity index (χ4v) is 2.86. The average molecular weight is 393 g/mol. The molecule has 8 heteroatoms. The number of amides is 2. The minimum Gasteiger partial charge on any atom is -0.457 e. The number of carbonyl (C=O) groups excluding carboxylic acids is 2. The minimum atomic E-state index is -0.274. The molecule has 3 aromatic rings. The summed E-state index contributed by atoms with van der Waals surface area (Å²) in [7, 11) is 3.30. The summed E-state index contributed by atoms with van der Waals surface area (Å²) in [5.74, 6) is 0.739. The Bertz CT molecular complexity index is 1030. The third kappa shape index (κ3) is 5.19. The number of ether oxygens (including phenoxy) is 1. The minimum absolute atomic E-state index is 0.154. The van der Waals surface area contributed by atoms with Crippen LogP contribution in [0.5, 0.6) is 11.5 Å². The third-order valence-corrected chi connectivity index (χ3v) is 4.26. The monoisotopic (exact) mass is 393 g/mol. The van der Waals surface area contributed by atoms with E-state index in [9.17, 15) is 9.59 Å². The molecule has 3 rings (SSSR count). The molecule has 1 aromatic carbocycles. The number of aryl methyl sites for hydroxylation is 2. The summed E-state index contributed by atoms with van der Waals surface area (Å²) in [5.41, 5.74) is 2.64.